The maximum atomic E-state index is 12.0. The van der Waals surface area contributed by atoms with Crippen LogP contribution in [-0.4, -0.2) is 24.5 Å². The van der Waals surface area contributed by atoms with Gasteiger partial charge in [0.1, 0.15) is 18.8 Å². The number of aryl methyl sites for hydroxylation is 2. The zero-order valence-electron chi connectivity index (χ0n) is 14.8. The summed E-state index contributed by atoms with van der Waals surface area (Å²) in [5.41, 5.74) is 2.83. The minimum atomic E-state index is -0.339. The lowest BCUT2D eigenvalue weighted by Crippen LogP contribution is -2.38. The summed E-state index contributed by atoms with van der Waals surface area (Å²) in [6, 6.07) is 14.9. The van der Waals surface area contributed by atoms with Crippen molar-refractivity contribution in [1.82, 2.24) is 5.32 Å². The Morgan fingerprint density at radius 3 is 2.36 bits per heavy atom. The number of benzene rings is 2. The first kappa shape index (κ1) is 18.5. The molecule has 0 radical (unpaired) electrons. The Bertz CT molecular complexity index is 726. The third kappa shape index (κ3) is 6.30. The van der Waals surface area contributed by atoms with E-state index in [9.17, 15) is 9.59 Å². The summed E-state index contributed by atoms with van der Waals surface area (Å²) in [6.07, 6.45) is -0.220. The van der Waals surface area contributed by atoms with Crippen LogP contribution < -0.4 is 15.4 Å². The van der Waals surface area contributed by atoms with Gasteiger partial charge in [-0.2, -0.15) is 0 Å². The molecule has 0 saturated carbocycles. The van der Waals surface area contributed by atoms with Crippen molar-refractivity contribution in [3.8, 4) is 5.75 Å². The van der Waals surface area contributed by atoms with Crippen molar-refractivity contribution in [2.24, 2.45) is 0 Å². The van der Waals surface area contributed by atoms with E-state index < -0.39 is 0 Å². The van der Waals surface area contributed by atoms with E-state index in [0.717, 1.165) is 16.9 Å². The van der Waals surface area contributed by atoms with Crippen molar-refractivity contribution in [1.29, 1.82) is 0 Å². The first-order valence-electron chi connectivity index (χ1n) is 8.28. The van der Waals surface area contributed by atoms with Gasteiger partial charge >= 0.3 is 0 Å². The van der Waals surface area contributed by atoms with Crippen LogP contribution in [0.2, 0.25) is 0 Å². The molecule has 2 rings (SSSR count). The van der Waals surface area contributed by atoms with Crippen molar-refractivity contribution in [3.63, 3.8) is 0 Å². The molecule has 0 aliphatic heterocycles. The van der Waals surface area contributed by atoms with Gasteiger partial charge in [0.25, 0.3) is 0 Å². The third-order valence-electron chi connectivity index (χ3n) is 3.65. The summed E-state index contributed by atoms with van der Waals surface area (Å²) in [6.45, 7) is 6.12. The van der Waals surface area contributed by atoms with Crippen LogP contribution in [0.25, 0.3) is 0 Å². The van der Waals surface area contributed by atoms with E-state index in [-0.39, 0.29) is 24.3 Å². The molecule has 1 atom stereocenters. The lowest BCUT2D eigenvalue weighted by atomic mass is 10.2. The number of amides is 2. The van der Waals surface area contributed by atoms with Crippen LogP contribution in [0.4, 0.5) is 5.69 Å². The van der Waals surface area contributed by atoms with Crippen LogP contribution in [0.3, 0.4) is 0 Å². The predicted molar refractivity (Wildman–Crippen MR) is 98.7 cm³/mol. The summed E-state index contributed by atoms with van der Waals surface area (Å²) < 4.78 is 5.70. The Morgan fingerprint density at radius 1 is 1.00 bits per heavy atom. The summed E-state index contributed by atoms with van der Waals surface area (Å²) in [4.78, 5) is 23.9. The average Bonchev–Trinajstić information content (AvgIpc) is 2.56. The van der Waals surface area contributed by atoms with E-state index in [1.807, 2.05) is 69.3 Å². The average molecular weight is 340 g/mol. The van der Waals surface area contributed by atoms with E-state index in [0.29, 0.717) is 12.3 Å². The molecule has 2 aromatic carbocycles. The Kier molecular flexibility index (Phi) is 6.57. The highest BCUT2D eigenvalue weighted by atomic mass is 16.5. The molecule has 0 heterocycles. The number of hydrogen-bond donors (Lipinski definition) is 2. The lowest BCUT2D eigenvalue weighted by molar-refractivity contribution is -0.127. The Hall–Kier alpha value is -2.82. The van der Waals surface area contributed by atoms with Crippen molar-refractivity contribution in [3.05, 3.63) is 59.7 Å². The van der Waals surface area contributed by atoms with Gasteiger partial charge in [-0.1, -0.05) is 35.9 Å². The highest BCUT2D eigenvalue weighted by molar-refractivity contribution is 6.03. The molecule has 25 heavy (non-hydrogen) atoms. The fourth-order valence-corrected chi connectivity index (χ4v) is 2.29. The first-order chi connectivity index (χ1) is 11.9. The van der Waals surface area contributed by atoms with E-state index >= 15 is 0 Å². The second-order valence-corrected chi connectivity index (χ2v) is 6.14. The molecule has 5 nitrogen and oxygen atoms in total. The van der Waals surface area contributed by atoms with Gasteiger partial charge < -0.3 is 15.4 Å². The molecule has 0 aliphatic carbocycles. The number of nitrogens with one attached hydrogen (secondary N) is 2. The standard InChI is InChI=1S/C20H24N2O3/c1-14-8-10-17(11-9-14)22-20(24)12-19(23)21-16(3)13-25-18-7-5-4-6-15(18)2/h4-11,16H,12-13H2,1-3H3,(H,21,23)(H,22,24). The smallest absolute Gasteiger partial charge is 0.233 e. The summed E-state index contributed by atoms with van der Waals surface area (Å²) in [7, 11) is 0. The van der Waals surface area contributed by atoms with Crippen LogP contribution in [0.1, 0.15) is 24.5 Å². The number of rotatable bonds is 7. The van der Waals surface area contributed by atoms with Gasteiger partial charge in [-0.15, -0.1) is 0 Å². The number of hydrogen-bond acceptors (Lipinski definition) is 3. The SMILES string of the molecule is Cc1ccc(NC(=O)CC(=O)NC(C)COc2ccccc2C)cc1. The minimum Gasteiger partial charge on any atom is -0.491 e. The van der Waals surface area contributed by atoms with Crippen LogP contribution in [0.15, 0.2) is 48.5 Å². The van der Waals surface area contributed by atoms with Gasteiger partial charge in [0.05, 0.1) is 6.04 Å². The Morgan fingerprint density at radius 2 is 1.68 bits per heavy atom. The fourth-order valence-electron chi connectivity index (χ4n) is 2.29. The molecule has 5 heteroatoms. The van der Waals surface area contributed by atoms with E-state index in [1.54, 1.807) is 0 Å². The second-order valence-electron chi connectivity index (χ2n) is 6.14. The molecular formula is C20H24N2O3. The maximum absolute atomic E-state index is 12.0. The number of carbonyl (C=O) groups is 2. The molecule has 132 valence electrons. The van der Waals surface area contributed by atoms with Crippen molar-refractivity contribution < 1.29 is 14.3 Å². The molecule has 2 amide bonds. The third-order valence-corrected chi connectivity index (χ3v) is 3.65. The first-order valence-corrected chi connectivity index (χ1v) is 8.28. The summed E-state index contributed by atoms with van der Waals surface area (Å²) >= 11 is 0. The molecule has 0 aliphatic rings. The molecule has 0 aromatic heterocycles. The van der Waals surface area contributed by atoms with Crippen LogP contribution in [0.5, 0.6) is 5.75 Å². The normalized spacial score (nSPS) is 11.5. The van der Waals surface area contributed by atoms with Gasteiger partial charge in [-0.3, -0.25) is 9.59 Å². The van der Waals surface area contributed by atoms with Crippen molar-refractivity contribution in [2.75, 3.05) is 11.9 Å². The van der Waals surface area contributed by atoms with Crippen LogP contribution in [0, 0.1) is 13.8 Å². The highest BCUT2D eigenvalue weighted by Crippen LogP contribution is 2.16. The predicted octanol–water partition coefficient (Wildman–Crippen LogP) is 3.22. The molecule has 0 bridgehead atoms. The quantitative estimate of drug-likeness (QED) is 0.761. The molecular weight excluding hydrogens is 316 g/mol. The van der Waals surface area contributed by atoms with Gasteiger partial charge in [0, 0.05) is 5.69 Å². The largest absolute Gasteiger partial charge is 0.491 e. The van der Waals surface area contributed by atoms with Crippen LogP contribution in [-0.2, 0) is 9.59 Å². The molecule has 0 spiro atoms. The Labute approximate surface area is 148 Å². The van der Waals surface area contributed by atoms with Gasteiger partial charge in [0.15, 0.2) is 0 Å². The van der Waals surface area contributed by atoms with Gasteiger partial charge in [0.2, 0.25) is 11.8 Å². The molecule has 0 saturated heterocycles. The van der Waals surface area contributed by atoms with Crippen LogP contribution >= 0.6 is 0 Å². The van der Waals surface area contributed by atoms with E-state index in [4.69, 9.17) is 4.74 Å². The zero-order valence-corrected chi connectivity index (χ0v) is 14.8. The van der Waals surface area contributed by atoms with E-state index in [1.165, 1.54) is 0 Å². The fraction of sp³-hybridized carbons (Fsp3) is 0.300. The van der Waals surface area contributed by atoms with E-state index in [2.05, 4.69) is 10.6 Å². The Balaban J connectivity index is 1.74. The molecule has 2 aromatic rings. The van der Waals surface area contributed by atoms with Gasteiger partial charge in [-0.05, 0) is 44.5 Å². The van der Waals surface area contributed by atoms with Crippen molar-refractivity contribution >= 4 is 17.5 Å². The monoisotopic (exact) mass is 340 g/mol. The highest BCUT2D eigenvalue weighted by Gasteiger charge is 2.13. The second kappa shape index (κ2) is 8.87. The molecule has 1 unspecified atom stereocenters. The number of anilines is 1. The number of para-hydroxylation sites is 1. The summed E-state index contributed by atoms with van der Waals surface area (Å²) in [5.74, 6) is 0.125. The molecule has 0 fully saturated rings. The lowest BCUT2D eigenvalue weighted by Gasteiger charge is -2.16. The minimum absolute atomic E-state index is 0.195. The zero-order chi connectivity index (χ0) is 18.2. The van der Waals surface area contributed by atoms with Crippen molar-refractivity contribution in [2.45, 2.75) is 33.2 Å². The maximum Gasteiger partial charge on any atom is 0.233 e. The number of ether oxygens (including phenoxy) is 1. The number of carbonyl (C=O) groups excluding carboxylic acids is 2. The summed E-state index contributed by atoms with van der Waals surface area (Å²) in [5, 5.41) is 5.48. The topological polar surface area (TPSA) is 67.4 Å². The van der Waals surface area contributed by atoms with Gasteiger partial charge in [-0.25, -0.2) is 0 Å². The molecule has 2 N–H and O–H groups in total.